The number of hydrogen-bond donors (Lipinski definition) is 3. The van der Waals surface area contributed by atoms with Crippen molar-refractivity contribution in [2.24, 2.45) is 0 Å². The largest absolute Gasteiger partial charge is 0.466 e. The second-order valence-corrected chi connectivity index (χ2v) is 26.7. The molecule has 0 fully saturated rings. The molecule has 2 atom stereocenters. The summed E-state index contributed by atoms with van der Waals surface area (Å²) in [5, 5.41) is 23.5. The Balaban J connectivity index is 3.34. The van der Waals surface area contributed by atoms with Gasteiger partial charge in [-0.1, -0.05) is 412 Å². The predicted molar refractivity (Wildman–Crippen MR) is 361 cm³/mol. The molecule has 3 N–H and O–H groups in total. The van der Waals surface area contributed by atoms with Crippen LogP contribution in [0.5, 0.6) is 0 Å². The number of aliphatic hydroxyl groups excluding tert-OH is 2. The van der Waals surface area contributed by atoms with Crippen LogP contribution in [0.25, 0.3) is 0 Å². The van der Waals surface area contributed by atoms with Crippen molar-refractivity contribution in [1.29, 1.82) is 0 Å². The fourth-order valence-corrected chi connectivity index (χ4v) is 12.6. The number of hydrogen-bond acceptors (Lipinski definition) is 5. The molecule has 0 aromatic heterocycles. The maximum Gasteiger partial charge on any atom is 0.305 e. The molecule has 0 spiro atoms. The van der Waals surface area contributed by atoms with E-state index in [1.165, 1.54) is 379 Å². The molecule has 1 amide bonds. The molecule has 0 aliphatic carbocycles. The van der Waals surface area contributed by atoms with Crippen LogP contribution in [0.4, 0.5) is 0 Å². The average molecular weight is 1160 g/mol. The van der Waals surface area contributed by atoms with Crippen molar-refractivity contribution in [3.8, 4) is 0 Å². The zero-order chi connectivity index (χ0) is 59.2. The molecule has 0 bridgehead atoms. The Bertz CT molecular complexity index is 1200. The van der Waals surface area contributed by atoms with Crippen LogP contribution in [0, 0.1) is 0 Å². The Kier molecular flexibility index (Phi) is 71.3. The standard InChI is InChI=1S/C76H151NO5/c1-3-5-7-9-11-13-15-17-19-21-23-24-30-33-36-40-44-48-52-56-60-64-68-74(79)73(72-78)77-75(80)69-65-61-57-53-49-45-41-37-34-31-28-26-25-27-29-32-35-39-43-47-51-55-59-63-67-71-82-76(81)70-66-62-58-54-50-46-42-38-22-20-18-16-14-12-10-8-6-4-2/h73-74,78-79H,3-72H2,1-2H3,(H,77,80). The Labute approximate surface area is 515 Å². The molecule has 0 saturated heterocycles. The Morgan fingerprint density at radius 3 is 0.744 bits per heavy atom. The van der Waals surface area contributed by atoms with Crippen molar-refractivity contribution < 1.29 is 24.5 Å². The highest BCUT2D eigenvalue weighted by atomic mass is 16.5. The fourth-order valence-electron chi connectivity index (χ4n) is 12.6. The van der Waals surface area contributed by atoms with Gasteiger partial charge in [-0.2, -0.15) is 0 Å². The first-order valence-corrected chi connectivity index (χ1v) is 38.3. The van der Waals surface area contributed by atoms with Gasteiger partial charge in [-0.3, -0.25) is 9.59 Å². The van der Waals surface area contributed by atoms with Gasteiger partial charge >= 0.3 is 5.97 Å². The first kappa shape index (κ1) is 80.9. The first-order valence-electron chi connectivity index (χ1n) is 38.3. The van der Waals surface area contributed by atoms with Gasteiger partial charge in [0, 0.05) is 12.8 Å². The molecular weight excluding hydrogens is 1010 g/mol. The van der Waals surface area contributed by atoms with E-state index in [4.69, 9.17) is 4.74 Å². The molecule has 0 aromatic rings. The molecule has 82 heavy (non-hydrogen) atoms. The summed E-state index contributed by atoms with van der Waals surface area (Å²) in [4.78, 5) is 24.7. The van der Waals surface area contributed by atoms with E-state index in [1.54, 1.807) is 0 Å². The number of amides is 1. The molecule has 0 saturated carbocycles. The highest BCUT2D eigenvalue weighted by Crippen LogP contribution is 2.20. The van der Waals surface area contributed by atoms with E-state index in [0.29, 0.717) is 25.9 Å². The maximum atomic E-state index is 12.6. The molecule has 6 heteroatoms. The van der Waals surface area contributed by atoms with Crippen LogP contribution in [0.1, 0.15) is 450 Å². The number of nitrogens with one attached hydrogen (secondary N) is 1. The van der Waals surface area contributed by atoms with Gasteiger partial charge in [-0.25, -0.2) is 0 Å². The van der Waals surface area contributed by atoms with E-state index in [2.05, 4.69) is 19.2 Å². The van der Waals surface area contributed by atoms with Gasteiger partial charge in [0.25, 0.3) is 0 Å². The summed E-state index contributed by atoms with van der Waals surface area (Å²) in [7, 11) is 0. The molecule has 0 aromatic carbocycles. The van der Waals surface area contributed by atoms with Crippen molar-refractivity contribution in [2.45, 2.75) is 463 Å². The number of rotatable bonds is 73. The number of ether oxygens (including phenoxy) is 1. The van der Waals surface area contributed by atoms with E-state index >= 15 is 0 Å². The summed E-state index contributed by atoms with van der Waals surface area (Å²) in [6.07, 6.45) is 88.9. The topological polar surface area (TPSA) is 95.9 Å². The number of esters is 1. The lowest BCUT2D eigenvalue weighted by Crippen LogP contribution is -2.45. The van der Waals surface area contributed by atoms with Crippen molar-refractivity contribution in [3.05, 3.63) is 0 Å². The molecule has 0 rings (SSSR count). The third-order valence-corrected chi connectivity index (χ3v) is 18.4. The van der Waals surface area contributed by atoms with Crippen LogP contribution >= 0.6 is 0 Å². The zero-order valence-electron chi connectivity index (χ0n) is 56.3. The number of carbonyl (C=O) groups excluding carboxylic acids is 2. The van der Waals surface area contributed by atoms with Crippen LogP contribution in [-0.4, -0.2) is 47.4 Å². The summed E-state index contributed by atoms with van der Waals surface area (Å²) in [5.74, 6) is -0.00453. The molecule has 0 aliphatic heterocycles. The molecule has 2 unspecified atom stereocenters. The van der Waals surface area contributed by atoms with Crippen molar-refractivity contribution >= 4 is 11.9 Å². The summed E-state index contributed by atoms with van der Waals surface area (Å²) < 4.78 is 5.52. The SMILES string of the molecule is CCCCCCCCCCCCCCCCCCCCCCCCC(O)C(CO)NC(=O)CCCCCCCCCCCCCCCCCCCCCCCCCCCOC(=O)CCCCCCCCCCCCCCCCCCCC. The van der Waals surface area contributed by atoms with Gasteiger partial charge < -0.3 is 20.3 Å². The molecule has 0 heterocycles. The van der Waals surface area contributed by atoms with Gasteiger partial charge in [0.2, 0.25) is 5.91 Å². The quantitative estimate of drug-likeness (QED) is 0.0417. The Morgan fingerprint density at radius 2 is 0.500 bits per heavy atom. The summed E-state index contributed by atoms with van der Waals surface area (Å²) >= 11 is 0. The van der Waals surface area contributed by atoms with Crippen LogP contribution in [0.15, 0.2) is 0 Å². The van der Waals surface area contributed by atoms with E-state index in [-0.39, 0.29) is 18.5 Å². The third kappa shape index (κ3) is 68.0. The van der Waals surface area contributed by atoms with Crippen molar-refractivity contribution in [3.63, 3.8) is 0 Å². The highest BCUT2D eigenvalue weighted by Gasteiger charge is 2.20. The minimum absolute atomic E-state index is 0.0226. The smallest absolute Gasteiger partial charge is 0.305 e. The minimum atomic E-state index is -0.663. The zero-order valence-corrected chi connectivity index (χ0v) is 56.3. The minimum Gasteiger partial charge on any atom is -0.466 e. The second-order valence-electron chi connectivity index (χ2n) is 26.7. The van der Waals surface area contributed by atoms with Crippen LogP contribution in [0.2, 0.25) is 0 Å². The summed E-state index contributed by atoms with van der Waals surface area (Å²) in [6.45, 7) is 5.02. The monoisotopic (exact) mass is 1160 g/mol. The molecule has 0 radical (unpaired) electrons. The highest BCUT2D eigenvalue weighted by molar-refractivity contribution is 5.76. The summed E-state index contributed by atoms with van der Waals surface area (Å²) in [5.41, 5.74) is 0. The second kappa shape index (κ2) is 72.3. The van der Waals surface area contributed by atoms with Gasteiger partial charge in [0.05, 0.1) is 25.4 Å². The first-order chi connectivity index (χ1) is 40.5. The molecule has 490 valence electrons. The van der Waals surface area contributed by atoms with Crippen LogP contribution in [-0.2, 0) is 14.3 Å². The Morgan fingerprint density at radius 1 is 0.293 bits per heavy atom. The van der Waals surface area contributed by atoms with E-state index in [0.717, 1.165) is 38.5 Å². The lowest BCUT2D eigenvalue weighted by molar-refractivity contribution is -0.143. The fraction of sp³-hybridized carbons (Fsp3) is 0.974. The van der Waals surface area contributed by atoms with Gasteiger partial charge in [-0.05, 0) is 25.7 Å². The molecular formula is C76H151NO5. The van der Waals surface area contributed by atoms with E-state index in [1.807, 2.05) is 0 Å². The van der Waals surface area contributed by atoms with Crippen molar-refractivity contribution in [2.75, 3.05) is 13.2 Å². The maximum absolute atomic E-state index is 12.6. The lowest BCUT2D eigenvalue weighted by Gasteiger charge is -2.22. The normalized spacial score (nSPS) is 12.4. The van der Waals surface area contributed by atoms with Crippen molar-refractivity contribution in [1.82, 2.24) is 5.32 Å². The third-order valence-electron chi connectivity index (χ3n) is 18.4. The van der Waals surface area contributed by atoms with Crippen LogP contribution in [0.3, 0.4) is 0 Å². The Hall–Kier alpha value is -1.14. The average Bonchev–Trinajstić information content (AvgIpc) is 3.48. The van der Waals surface area contributed by atoms with Gasteiger partial charge in [0.1, 0.15) is 0 Å². The predicted octanol–water partition coefficient (Wildman–Crippen LogP) is 24.9. The molecule has 6 nitrogen and oxygen atoms in total. The van der Waals surface area contributed by atoms with E-state index < -0.39 is 12.1 Å². The number of carbonyl (C=O) groups is 2. The lowest BCUT2D eigenvalue weighted by atomic mass is 10.0. The van der Waals surface area contributed by atoms with Gasteiger partial charge in [-0.15, -0.1) is 0 Å². The molecule has 0 aliphatic rings. The van der Waals surface area contributed by atoms with Crippen LogP contribution < -0.4 is 5.32 Å². The van der Waals surface area contributed by atoms with Gasteiger partial charge in [0.15, 0.2) is 0 Å². The van der Waals surface area contributed by atoms with E-state index in [9.17, 15) is 19.8 Å². The summed E-state index contributed by atoms with van der Waals surface area (Å²) in [6, 6.07) is -0.540. The number of aliphatic hydroxyl groups is 2. The number of unbranched alkanes of at least 4 members (excludes halogenated alkanes) is 62.